The Labute approximate surface area is 101 Å². The number of fused-ring (bicyclic) bond motifs is 1. The molecule has 1 amide bonds. The van der Waals surface area contributed by atoms with E-state index in [0.717, 1.165) is 23.5 Å². The molecule has 0 aromatic heterocycles. The van der Waals surface area contributed by atoms with Crippen molar-refractivity contribution < 1.29 is 9.53 Å². The van der Waals surface area contributed by atoms with Crippen LogP contribution in [0.2, 0.25) is 0 Å². The van der Waals surface area contributed by atoms with E-state index in [4.69, 9.17) is 4.74 Å². The van der Waals surface area contributed by atoms with Gasteiger partial charge in [-0.3, -0.25) is 4.79 Å². The molecule has 17 heavy (non-hydrogen) atoms. The van der Waals surface area contributed by atoms with E-state index >= 15 is 0 Å². The number of rotatable bonds is 3. The third-order valence-corrected chi connectivity index (χ3v) is 2.69. The molecule has 0 aliphatic carbocycles. The van der Waals surface area contributed by atoms with Crippen molar-refractivity contribution in [3.63, 3.8) is 0 Å². The lowest BCUT2D eigenvalue weighted by Crippen LogP contribution is -2.34. The molecule has 1 heterocycles. The molecule has 4 heteroatoms. The van der Waals surface area contributed by atoms with Gasteiger partial charge in [-0.15, -0.1) is 0 Å². The van der Waals surface area contributed by atoms with Crippen molar-refractivity contribution in [2.24, 2.45) is 0 Å². The number of nitrogens with one attached hydrogen (secondary N) is 2. The fourth-order valence-corrected chi connectivity index (χ4v) is 1.68. The summed E-state index contributed by atoms with van der Waals surface area (Å²) in [5.41, 5.74) is 1.90. The molecule has 1 aliphatic rings. The van der Waals surface area contributed by atoms with Crippen LogP contribution in [0.25, 0.3) is 0 Å². The van der Waals surface area contributed by atoms with Crippen molar-refractivity contribution in [1.82, 2.24) is 5.32 Å². The lowest BCUT2D eigenvalue weighted by molar-refractivity contribution is -0.122. The Kier molecular flexibility index (Phi) is 3.33. The highest BCUT2D eigenvalue weighted by Crippen LogP contribution is 2.30. The smallest absolute Gasteiger partial charge is 0.265 e. The van der Waals surface area contributed by atoms with E-state index in [2.05, 4.69) is 24.5 Å². The fraction of sp³-hybridized carbons (Fsp3) is 0.462. The molecule has 2 N–H and O–H groups in total. The van der Waals surface area contributed by atoms with Crippen LogP contribution in [-0.4, -0.2) is 18.1 Å². The Morgan fingerprint density at radius 3 is 2.94 bits per heavy atom. The zero-order chi connectivity index (χ0) is 12.4. The Bertz CT molecular complexity index is 429. The second-order valence-corrected chi connectivity index (χ2v) is 4.62. The van der Waals surface area contributed by atoms with E-state index in [1.807, 2.05) is 18.2 Å². The summed E-state index contributed by atoms with van der Waals surface area (Å²) in [6.45, 7) is 6.77. The van der Waals surface area contributed by atoms with Gasteiger partial charge in [-0.05, 0) is 24.6 Å². The lowest BCUT2D eigenvalue weighted by atomic mass is 10.1. The van der Waals surface area contributed by atoms with Gasteiger partial charge in [0.05, 0.1) is 5.69 Å². The first-order valence-corrected chi connectivity index (χ1v) is 5.90. The van der Waals surface area contributed by atoms with Crippen LogP contribution < -0.4 is 15.4 Å². The second kappa shape index (κ2) is 4.75. The molecule has 0 bridgehead atoms. The highest BCUT2D eigenvalue weighted by molar-refractivity contribution is 5.97. The summed E-state index contributed by atoms with van der Waals surface area (Å²) >= 11 is 0. The first-order chi connectivity index (χ1) is 8.06. The van der Waals surface area contributed by atoms with Gasteiger partial charge in [0.2, 0.25) is 0 Å². The number of carbonyl (C=O) groups is 1. The van der Waals surface area contributed by atoms with Crippen LogP contribution in [0.1, 0.15) is 26.3 Å². The van der Waals surface area contributed by atoms with E-state index in [0.29, 0.717) is 6.04 Å². The number of benzene rings is 1. The summed E-state index contributed by atoms with van der Waals surface area (Å²) in [5.74, 6) is 0.658. The summed E-state index contributed by atoms with van der Waals surface area (Å²) in [7, 11) is 0. The van der Waals surface area contributed by atoms with Gasteiger partial charge < -0.3 is 15.4 Å². The number of hydrogen-bond donors (Lipinski definition) is 2. The van der Waals surface area contributed by atoms with Crippen molar-refractivity contribution in [2.45, 2.75) is 39.5 Å². The second-order valence-electron chi connectivity index (χ2n) is 4.62. The maximum absolute atomic E-state index is 11.4. The summed E-state index contributed by atoms with van der Waals surface area (Å²) in [6, 6.07) is 6.30. The van der Waals surface area contributed by atoms with Crippen molar-refractivity contribution in [1.29, 1.82) is 0 Å². The van der Waals surface area contributed by atoms with Crippen LogP contribution in [0.5, 0.6) is 5.75 Å². The highest BCUT2D eigenvalue weighted by Gasteiger charge is 2.23. The first kappa shape index (κ1) is 11.9. The summed E-state index contributed by atoms with van der Waals surface area (Å²) in [5, 5.41) is 6.16. The SMILES string of the molecule is CC(C)NCc1ccc2c(c1)OC(C)C(=O)N2. The molecule has 0 saturated carbocycles. The number of carbonyl (C=O) groups excluding carboxylic acids is 1. The van der Waals surface area contributed by atoms with Crippen LogP contribution in [0.4, 0.5) is 5.69 Å². The van der Waals surface area contributed by atoms with Crippen LogP contribution in [0.3, 0.4) is 0 Å². The van der Waals surface area contributed by atoms with Gasteiger partial charge in [-0.25, -0.2) is 0 Å². The van der Waals surface area contributed by atoms with Gasteiger partial charge in [0.1, 0.15) is 5.75 Å². The normalized spacial score (nSPS) is 18.6. The van der Waals surface area contributed by atoms with Gasteiger partial charge in [-0.1, -0.05) is 19.9 Å². The fourth-order valence-electron chi connectivity index (χ4n) is 1.68. The van der Waals surface area contributed by atoms with Gasteiger partial charge in [0.25, 0.3) is 5.91 Å². The van der Waals surface area contributed by atoms with Crippen LogP contribution >= 0.6 is 0 Å². The predicted octanol–water partition coefficient (Wildman–Crippen LogP) is 1.90. The summed E-state index contributed by atoms with van der Waals surface area (Å²) in [6.07, 6.45) is -0.421. The van der Waals surface area contributed by atoms with Crippen molar-refractivity contribution in [3.05, 3.63) is 23.8 Å². The van der Waals surface area contributed by atoms with Crippen molar-refractivity contribution >= 4 is 11.6 Å². The Hall–Kier alpha value is -1.55. The van der Waals surface area contributed by atoms with Crippen LogP contribution in [0, 0.1) is 0 Å². The molecule has 1 atom stereocenters. The zero-order valence-corrected chi connectivity index (χ0v) is 10.4. The number of ether oxygens (including phenoxy) is 1. The largest absolute Gasteiger partial charge is 0.479 e. The molecule has 1 aromatic rings. The maximum atomic E-state index is 11.4. The monoisotopic (exact) mass is 234 g/mol. The summed E-state index contributed by atoms with van der Waals surface area (Å²) in [4.78, 5) is 11.4. The van der Waals surface area contributed by atoms with E-state index in [1.54, 1.807) is 6.92 Å². The standard InChI is InChI=1S/C13H18N2O2/c1-8(2)14-7-10-4-5-11-12(6-10)17-9(3)13(16)15-11/h4-6,8-9,14H,7H2,1-3H3,(H,15,16). The number of anilines is 1. The van der Waals surface area contributed by atoms with Gasteiger partial charge in [0.15, 0.2) is 6.10 Å². The molecule has 1 aliphatic heterocycles. The number of hydrogen-bond acceptors (Lipinski definition) is 3. The Morgan fingerprint density at radius 1 is 1.47 bits per heavy atom. The van der Waals surface area contributed by atoms with Crippen LogP contribution in [0.15, 0.2) is 18.2 Å². The minimum atomic E-state index is -0.421. The number of amides is 1. The van der Waals surface area contributed by atoms with Gasteiger partial charge in [0, 0.05) is 12.6 Å². The highest BCUT2D eigenvalue weighted by atomic mass is 16.5. The molecule has 1 unspecified atom stereocenters. The average Bonchev–Trinajstić information content (AvgIpc) is 2.28. The molecule has 4 nitrogen and oxygen atoms in total. The minimum absolute atomic E-state index is 0.0921. The Morgan fingerprint density at radius 2 is 2.24 bits per heavy atom. The molecule has 1 aromatic carbocycles. The molecular formula is C13H18N2O2. The molecule has 92 valence electrons. The van der Waals surface area contributed by atoms with E-state index < -0.39 is 6.10 Å². The first-order valence-electron chi connectivity index (χ1n) is 5.90. The molecule has 2 rings (SSSR count). The predicted molar refractivity (Wildman–Crippen MR) is 67.1 cm³/mol. The zero-order valence-electron chi connectivity index (χ0n) is 10.4. The quantitative estimate of drug-likeness (QED) is 0.840. The molecule has 0 fully saturated rings. The molecular weight excluding hydrogens is 216 g/mol. The Balaban J connectivity index is 2.14. The van der Waals surface area contributed by atoms with E-state index in [9.17, 15) is 4.79 Å². The minimum Gasteiger partial charge on any atom is -0.479 e. The molecule has 0 saturated heterocycles. The topological polar surface area (TPSA) is 50.4 Å². The maximum Gasteiger partial charge on any atom is 0.265 e. The molecule has 0 radical (unpaired) electrons. The van der Waals surface area contributed by atoms with Crippen LogP contribution in [-0.2, 0) is 11.3 Å². The van der Waals surface area contributed by atoms with E-state index in [1.165, 1.54) is 0 Å². The lowest BCUT2D eigenvalue weighted by Gasteiger charge is -2.23. The summed E-state index contributed by atoms with van der Waals surface area (Å²) < 4.78 is 5.55. The average molecular weight is 234 g/mol. The van der Waals surface area contributed by atoms with Crippen molar-refractivity contribution in [3.8, 4) is 5.75 Å². The van der Waals surface area contributed by atoms with Gasteiger partial charge in [-0.2, -0.15) is 0 Å². The molecule has 0 spiro atoms. The van der Waals surface area contributed by atoms with E-state index in [-0.39, 0.29) is 5.91 Å². The third kappa shape index (κ3) is 2.77. The van der Waals surface area contributed by atoms with Gasteiger partial charge >= 0.3 is 0 Å². The third-order valence-electron chi connectivity index (χ3n) is 2.69. The van der Waals surface area contributed by atoms with Crippen molar-refractivity contribution in [2.75, 3.05) is 5.32 Å².